The number of carbonyl (C=O) groups excluding carboxylic acids is 1. The van der Waals surface area contributed by atoms with Crippen LogP contribution in [0, 0.1) is 5.92 Å². The van der Waals surface area contributed by atoms with Crippen molar-refractivity contribution in [2.45, 2.75) is 30.5 Å². The average molecular weight is 328 g/mol. The lowest BCUT2D eigenvalue weighted by atomic mass is 9.82. The Labute approximate surface area is 140 Å². The van der Waals surface area contributed by atoms with Crippen LogP contribution in [0.4, 0.5) is 0 Å². The van der Waals surface area contributed by atoms with Crippen molar-refractivity contribution in [1.29, 1.82) is 0 Å². The standard InChI is InChI=1S/C17H20N4OS/c1-23-17-19-15(20-21-17)13-9-5-6-10-14(13)16(22)18-11-12-7-3-2-4-8-12/h2-8,13-14H,9-11H2,1H3,(H,18,22)(H,19,20,21). The van der Waals surface area contributed by atoms with E-state index in [4.69, 9.17) is 0 Å². The van der Waals surface area contributed by atoms with Gasteiger partial charge in [-0.1, -0.05) is 54.2 Å². The Balaban J connectivity index is 1.68. The van der Waals surface area contributed by atoms with E-state index < -0.39 is 0 Å². The minimum absolute atomic E-state index is 0.0594. The van der Waals surface area contributed by atoms with Crippen molar-refractivity contribution in [3.05, 3.63) is 53.9 Å². The molecule has 0 saturated carbocycles. The fourth-order valence-corrected chi connectivity index (χ4v) is 3.16. The number of nitrogens with zero attached hydrogens (tertiary/aromatic N) is 2. The third-order valence-corrected chi connectivity index (χ3v) is 4.64. The molecule has 1 aliphatic rings. The molecule has 0 radical (unpaired) electrons. The van der Waals surface area contributed by atoms with Gasteiger partial charge in [-0.2, -0.15) is 0 Å². The van der Waals surface area contributed by atoms with E-state index in [1.807, 2.05) is 36.6 Å². The zero-order chi connectivity index (χ0) is 16.1. The maximum absolute atomic E-state index is 12.6. The molecule has 0 aliphatic heterocycles. The zero-order valence-electron chi connectivity index (χ0n) is 13.0. The highest BCUT2D eigenvalue weighted by molar-refractivity contribution is 7.98. The first-order chi connectivity index (χ1) is 11.3. The molecule has 23 heavy (non-hydrogen) atoms. The molecule has 1 aromatic carbocycles. The number of amides is 1. The third-order valence-electron chi connectivity index (χ3n) is 4.09. The van der Waals surface area contributed by atoms with E-state index in [0.29, 0.717) is 6.54 Å². The molecule has 0 spiro atoms. The number of thioether (sulfide) groups is 1. The number of allylic oxidation sites excluding steroid dienone is 2. The van der Waals surface area contributed by atoms with Crippen LogP contribution in [0.15, 0.2) is 47.6 Å². The lowest BCUT2D eigenvalue weighted by molar-refractivity contribution is -0.126. The second kappa shape index (κ2) is 7.46. The van der Waals surface area contributed by atoms with Gasteiger partial charge >= 0.3 is 0 Å². The van der Waals surface area contributed by atoms with Crippen molar-refractivity contribution >= 4 is 17.7 Å². The first kappa shape index (κ1) is 15.8. The number of hydrogen-bond donors (Lipinski definition) is 2. The van der Waals surface area contributed by atoms with Gasteiger partial charge in [-0.3, -0.25) is 9.89 Å². The molecular weight excluding hydrogens is 308 g/mol. The molecule has 0 fully saturated rings. The Morgan fingerprint density at radius 2 is 2.09 bits per heavy atom. The normalized spacial score (nSPS) is 20.4. The largest absolute Gasteiger partial charge is 0.352 e. The van der Waals surface area contributed by atoms with Crippen LogP contribution < -0.4 is 5.32 Å². The van der Waals surface area contributed by atoms with Crippen LogP contribution in [0.25, 0.3) is 0 Å². The van der Waals surface area contributed by atoms with E-state index in [1.54, 1.807) is 0 Å². The first-order valence-corrected chi connectivity index (χ1v) is 8.93. The molecule has 2 N–H and O–H groups in total. The van der Waals surface area contributed by atoms with Crippen LogP contribution >= 0.6 is 11.8 Å². The molecular formula is C17H20N4OS. The predicted octanol–water partition coefficient (Wildman–Crippen LogP) is 2.89. The monoisotopic (exact) mass is 328 g/mol. The van der Waals surface area contributed by atoms with E-state index in [2.05, 4.69) is 32.7 Å². The number of rotatable bonds is 5. The molecule has 0 bridgehead atoms. The highest BCUT2D eigenvalue weighted by atomic mass is 32.2. The Hall–Kier alpha value is -2.08. The number of benzene rings is 1. The number of carbonyl (C=O) groups is 1. The van der Waals surface area contributed by atoms with Crippen molar-refractivity contribution in [3.8, 4) is 0 Å². The quantitative estimate of drug-likeness (QED) is 0.654. The number of H-pyrrole nitrogens is 1. The van der Waals surface area contributed by atoms with Crippen molar-refractivity contribution in [3.63, 3.8) is 0 Å². The molecule has 2 atom stereocenters. The molecule has 6 heteroatoms. The molecule has 120 valence electrons. The van der Waals surface area contributed by atoms with Gasteiger partial charge in [0.2, 0.25) is 11.1 Å². The second-order valence-electron chi connectivity index (χ2n) is 5.57. The SMILES string of the molecule is CSc1n[nH]c(C2CC=CCC2C(=O)NCc2ccccc2)n1. The van der Waals surface area contributed by atoms with Gasteiger partial charge in [0.05, 0.1) is 5.92 Å². The van der Waals surface area contributed by atoms with Crippen LogP contribution in [-0.4, -0.2) is 27.3 Å². The van der Waals surface area contributed by atoms with E-state index in [1.165, 1.54) is 11.8 Å². The first-order valence-electron chi connectivity index (χ1n) is 7.71. The third kappa shape index (κ3) is 3.82. The fourth-order valence-electron chi connectivity index (χ4n) is 2.84. The Morgan fingerprint density at radius 1 is 1.30 bits per heavy atom. The molecule has 1 aliphatic carbocycles. The molecule has 5 nitrogen and oxygen atoms in total. The second-order valence-corrected chi connectivity index (χ2v) is 6.34. The molecule has 2 aromatic rings. The maximum Gasteiger partial charge on any atom is 0.224 e. The molecule has 0 saturated heterocycles. The summed E-state index contributed by atoms with van der Waals surface area (Å²) in [7, 11) is 0. The van der Waals surface area contributed by atoms with Crippen LogP contribution in [0.2, 0.25) is 0 Å². The van der Waals surface area contributed by atoms with Gasteiger partial charge in [0.25, 0.3) is 0 Å². The molecule has 3 rings (SSSR count). The topological polar surface area (TPSA) is 70.7 Å². The zero-order valence-corrected chi connectivity index (χ0v) is 13.8. The summed E-state index contributed by atoms with van der Waals surface area (Å²) in [6.45, 7) is 0.555. The summed E-state index contributed by atoms with van der Waals surface area (Å²) in [5.41, 5.74) is 1.10. The van der Waals surface area contributed by atoms with Crippen molar-refractivity contribution in [1.82, 2.24) is 20.5 Å². The van der Waals surface area contributed by atoms with E-state index in [0.717, 1.165) is 29.4 Å². The number of nitrogens with one attached hydrogen (secondary N) is 2. The van der Waals surface area contributed by atoms with Gasteiger partial charge in [-0.05, 0) is 24.7 Å². The summed E-state index contributed by atoms with van der Waals surface area (Å²) in [4.78, 5) is 17.1. The van der Waals surface area contributed by atoms with Gasteiger partial charge in [0.15, 0.2) is 0 Å². The van der Waals surface area contributed by atoms with Crippen LogP contribution in [-0.2, 0) is 11.3 Å². The van der Waals surface area contributed by atoms with Crippen LogP contribution in [0.5, 0.6) is 0 Å². The Bertz CT molecular complexity index is 683. The summed E-state index contributed by atoms with van der Waals surface area (Å²) in [5.74, 6) is 0.833. The summed E-state index contributed by atoms with van der Waals surface area (Å²) >= 11 is 1.50. The van der Waals surface area contributed by atoms with E-state index in [-0.39, 0.29) is 17.7 Å². The summed E-state index contributed by atoms with van der Waals surface area (Å²) in [6.07, 6.45) is 7.69. The average Bonchev–Trinajstić information content (AvgIpc) is 3.09. The maximum atomic E-state index is 12.6. The fraction of sp³-hybridized carbons (Fsp3) is 0.353. The Morgan fingerprint density at radius 3 is 2.83 bits per heavy atom. The van der Waals surface area contributed by atoms with Gasteiger partial charge in [-0.25, -0.2) is 4.98 Å². The lowest BCUT2D eigenvalue weighted by Gasteiger charge is -2.25. The van der Waals surface area contributed by atoms with Crippen LogP contribution in [0.1, 0.15) is 30.1 Å². The van der Waals surface area contributed by atoms with E-state index >= 15 is 0 Å². The van der Waals surface area contributed by atoms with Gasteiger partial charge < -0.3 is 5.32 Å². The Kier molecular flexibility index (Phi) is 5.12. The molecule has 1 heterocycles. The van der Waals surface area contributed by atoms with E-state index in [9.17, 15) is 4.79 Å². The number of aromatic nitrogens is 3. The minimum Gasteiger partial charge on any atom is -0.352 e. The highest BCUT2D eigenvalue weighted by Crippen LogP contribution is 2.33. The van der Waals surface area contributed by atoms with Crippen molar-refractivity contribution in [2.75, 3.05) is 6.26 Å². The number of aromatic amines is 1. The summed E-state index contributed by atoms with van der Waals surface area (Å²) in [6, 6.07) is 9.96. The minimum atomic E-state index is -0.105. The van der Waals surface area contributed by atoms with Crippen molar-refractivity contribution in [2.24, 2.45) is 5.92 Å². The molecule has 1 amide bonds. The van der Waals surface area contributed by atoms with Crippen LogP contribution in [0.3, 0.4) is 0 Å². The van der Waals surface area contributed by atoms with Crippen molar-refractivity contribution < 1.29 is 4.79 Å². The predicted molar refractivity (Wildman–Crippen MR) is 91.1 cm³/mol. The smallest absolute Gasteiger partial charge is 0.224 e. The van der Waals surface area contributed by atoms with Gasteiger partial charge in [-0.15, -0.1) is 5.10 Å². The van der Waals surface area contributed by atoms with Gasteiger partial charge in [0.1, 0.15) is 5.82 Å². The summed E-state index contributed by atoms with van der Waals surface area (Å²) < 4.78 is 0. The lowest BCUT2D eigenvalue weighted by Crippen LogP contribution is -2.35. The van der Waals surface area contributed by atoms with Gasteiger partial charge in [0, 0.05) is 12.5 Å². The summed E-state index contributed by atoms with van der Waals surface area (Å²) in [5, 5.41) is 10.9. The number of hydrogen-bond acceptors (Lipinski definition) is 4. The highest BCUT2D eigenvalue weighted by Gasteiger charge is 2.32. The molecule has 1 aromatic heterocycles. The molecule has 2 unspecified atom stereocenters.